The summed E-state index contributed by atoms with van der Waals surface area (Å²) in [6.07, 6.45) is 2.54. The third-order valence-corrected chi connectivity index (χ3v) is 1.21. The van der Waals surface area contributed by atoms with E-state index >= 15 is 0 Å². The first-order chi connectivity index (χ1) is 4.16. The molecule has 0 aromatic heterocycles. The molecular formula is C8H16O. The average molecular weight is 128 g/mol. The highest BCUT2D eigenvalue weighted by molar-refractivity contribution is 4.90. The quantitative estimate of drug-likeness (QED) is 0.575. The standard InChI is InChI=1S/C8H16O/c1-4-5-8(9)6-7(2)3/h8-9H,2,4-6H2,1,3H3/t8-/m0/s1. The van der Waals surface area contributed by atoms with Crippen molar-refractivity contribution in [3.8, 4) is 0 Å². The summed E-state index contributed by atoms with van der Waals surface area (Å²) in [5, 5.41) is 9.16. The fraction of sp³-hybridized carbons (Fsp3) is 0.750. The van der Waals surface area contributed by atoms with Crippen molar-refractivity contribution in [3.63, 3.8) is 0 Å². The lowest BCUT2D eigenvalue weighted by molar-refractivity contribution is 0.164. The smallest absolute Gasteiger partial charge is 0.0577 e. The second-order valence-electron chi connectivity index (χ2n) is 2.60. The summed E-state index contributed by atoms with van der Waals surface area (Å²) in [5.74, 6) is 0. The van der Waals surface area contributed by atoms with Gasteiger partial charge in [-0.1, -0.05) is 18.9 Å². The van der Waals surface area contributed by atoms with Crippen molar-refractivity contribution in [2.24, 2.45) is 0 Å². The van der Waals surface area contributed by atoms with Crippen LogP contribution in [0.2, 0.25) is 0 Å². The molecule has 0 bridgehead atoms. The Morgan fingerprint density at radius 2 is 2.22 bits per heavy atom. The Labute approximate surface area is 57.4 Å². The van der Waals surface area contributed by atoms with Crippen molar-refractivity contribution >= 4 is 0 Å². The SMILES string of the molecule is C=C(C)C[C@@H](O)CCC. The molecule has 0 aromatic rings. The monoisotopic (exact) mass is 128 g/mol. The van der Waals surface area contributed by atoms with Gasteiger partial charge in [0.25, 0.3) is 0 Å². The number of aliphatic hydroxyl groups excluding tert-OH is 1. The van der Waals surface area contributed by atoms with Crippen LogP contribution in [0.3, 0.4) is 0 Å². The molecule has 0 saturated heterocycles. The lowest BCUT2D eigenvalue weighted by Gasteiger charge is -2.06. The van der Waals surface area contributed by atoms with E-state index in [4.69, 9.17) is 5.11 Å². The molecule has 0 unspecified atom stereocenters. The summed E-state index contributed by atoms with van der Waals surface area (Å²) >= 11 is 0. The summed E-state index contributed by atoms with van der Waals surface area (Å²) in [6.45, 7) is 7.73. The van der Waals surface area contributed by atoms with Gasteiger partial charge < -0.3 is 5.11 Å². The summed E-state index contributed by atoms with van der Waals surface area (Å²) in [5.41, 5.74) is 1.07. The maximum Gasteiger partial charge on any atom is 0.0577 e. The Morgan fingerprint density at radius 1 is 1.67 bits per heavy atom. The number of aliphatic hydroxyl groups is 1. The van der Waals surface area contributed by atoms with E-state index in [1.54, 1.807) is 0 Å². The molecule has 0 rings (SSSR count). The molecule has 0 spiro atoms. The molecule has 54 valence electrons. The molecule has 0 aromatic carbocycles. The fourth-order valence-electron chi connectivity index (χ4n) is 0.838. The van der Waals surface area contributed by atoms with Gasteiger partial charge in [-0.25, -0.2) is 0 Å². The predicted octanol–water partition coefficient (Wildman–Crippen LogP) is 2.11. The molecule has 9 heavy (non-hydrogen) atoms. The Bertz CT molecular complexity index is 86.6. The third kappa shape index (κ3) is 5.57. The topological polar surface area (TPSA) is 20.2 Å². The Kier molecular flexibility index (Phi) is 4.41. The third-order valence-electron chi connectivity index (χ3n) is 1.21. The van der Waals surface area contributed by atoms with Crippen LogP contribution in [0.1, 0.15) is 33.1 Å². The number of hydrogen-bond acceptors (Lipinski definition) is 1. The van der Waals surface area contributed by atoms with Gasteiger partial charge in [-0.3, -0.25) is 0 Å². The molecule has 0 radical (unpaired) electrons. The van der Waals surface area contributed by atoms with Crippen molar-refractivity contribution in [1.29, 1.82) is 0 Å². The molecule has 0 heterocycles. The molecule has 0 aliphatic rings. The zero-order valence-electron chi connectivity index (χ0n) is 6.35. The molecule has 0 aliphatic carbocycles. The fourth-order valence-corrected chi connectivity index (χ4v) is 0.838. The Morgan fingerprint density at radius 3 is 2.56 bits per heavy atom. The van der Waals surface area contributed by atoms with Crippen LogP contribution in [0.4, 0.5) is 0 Å². The minimum absolute atomic E-state index is 0.160. The highest BCUT2D eigenvalue weighted by Gasteiger charge is 2.00. The molecule has 0 aliphatic heterocycles. The minimum atomic E-state index is -0.160. The maximum absolute atomic E-state index is 9.16. The first-order valence-corrected chi connectivity index (χ1v) is 3.49. The first kappa shape index (κ1) is 8.70. The Balaban J connectivity index is 3.26. The van der Waals surface area contributed by atoms with E-state index in [1.807, 2.05) is 6.92 Å². The lowest BCUT2D eigenvalue weighted by Crippen LogP contribution is -2.05. The zero-order chi connectivity index (χ0) is 7.28. The molecular weight excluding hydrogens is 112 g/mol. The summed E-state index contributed by atoms with van der Waals surface area (Å²) in [4.78, 5) is 0. The number of rotatable bonds is 4. The van der Waals surface area contributed by atoms with Gasteiger partial charge >= 0.3 is 0 Å². The van der Waals surface area contributed by atoms with Crippen molar-refractivity contribution < 1.29 is 5.11 Å². The average Bonchev–Trinajstić information content (AvgIpc) is 1.63. The highest BCUT2D eigenvalue weighted by Crippen LogP contribution is 2.06. The molecule has 1 heteroatoms. The second-order valence-corrected chi connectivity index (χ2v) is 2.60. The van der Waals surface area contributed by atoms with Crippen LogP contribution in [0.15, 0.2) is 12.2 Å². The molecule has 1 N–H and O–H groups in total. The summed E-state index contributed by atoms with van der Waals surface area (Å²) in [6, 6.07) is 0. The van der Waals surface area contributed by atoms with E-state index in [2.05, 4.69) is 13.5 Å². The van der Waals surface area contributed by atoms with Crippen molar-refractivity contribution in [1.82, 2.24) is 0 Å². The van der Waals surface area contributed by atoms with Crippen molar-refractivity contribution in [3.05, 3.63) is 12.2 Å². The molecule has 0 saturated carbocycles. The number of hydrogen-bond donors (Lipinski definition) is 1. The largest absolute Gasteiger partial charge is 0.393 e. The van der Waals surface area contributed by atoms with Crippen LogP contribution in [0.5, 0.6) is 0 Å². The van der Waals surface area contributed by atoms with Crippen LogP contribution < -0.4 is 0 Å². The van der Waals surface area contributed by atoms with Gasteiger partial charge in [-0.2, -0.15) is 0 Å². The predicted molar refractivity (Wildman–Crippen MR) is 40.3 cm³/mol. The van der Waals surface area contributed by atoms with Crippen molar-refractivity contribution in [2.75, 3.05) is 0 Å². The highest BCUT2D eigenvalue weighted by atomic mass is 16.3. The van der Waals surface area contributed by atoms with E-state index < -0.39 is 0 Å². The van der Waals surface area contributed by atoms with E-state index in [-0.39, 0.29) is 6.10 Å². The van der Waals surface area contributed by atoms with Gasteiger partial charge in [-0.15, -0.1) is 6.58 Å². The van der Waals surface area contributed by atoms with Gasteiger partial charge in [-0.05, 0) is 19.8 Å². The van der Waals surface area contributed by atoms with E-state index in [0.29, 0.717) is 0 Å². The van der Waals surface area contributed by atoms with Crippen LogP contribution in [-0.4, -0.2) is 11.2 Å². The van der Waals surface area contributed by atoms with Crippen LogP contribution in [-0.2, 0) is 0 Å². The second kappa shape index (κ2) is 4.57. The van der Waals surface area contributed by atoms with Gasteiger partial charge in [0.15, 0.2) is 0 Å². The van der Waals surface area contributed by atoms with Crippen molar-refractivity contribution in [2.45, 2.75) is 39.2 Å². The summed E-state index contributed by atoms with van der Waals surface area (Å²) < 4.78 is 0. The molecule has 1 nitrogen and oxygen atoms in total. The Hall–Kier alpha value is -0.300. The summed E-state index contributed by atoms with van der Waals surface area (Å²) in [7, 11) is 0. The normalized spacial score (nSPS) is 13.2. The van der Waals surface area contributed by atoms with E-state index in [1.165, 1.54) is 0 Å². The van der Waals surface area contributed by atoms with E-state index in [0.717, 1.165) is 24.8 Å². The van der Waals surface area contributed by atoms with E-state index in [9.17, 15) is 0 Å². The molecule has 0 fully saturated rings. The molecule has 1 atom stereocenters. The first-order valence-electron chi connectivity index (χ1n) is 3.49. The van der Waals surface area contributed by atoms with Crippen LogP contribution in [0.25, 0.3) is 0 Å². The minimum Gasteiger partial charge on any atom is -0.393 e. The molecule has 0 amide bonds. The van der Waals surface area contributed by atoms with Gasteiger partial charge in [0.1, 0.15) is 0 Å². The van der Waals surface area contributed by atoms with Gasteiger partial charge in [0, 0.05) is 0 Å². The zero-order valence-corrected chi connectivity index (χ0v) is 6.35. The lowest BCUT2D eigenvalue weighted by atomic mass is 10.1. The van der Waals surface area contributed by atoms with Crippen LogP contribution >= 0.6 is 0 Å². The van der Waals surface area contributed by atoms with Gasteiger partial charge in [0.2, 0.25) is 0 Å². The maximum atomic E-state index is 9.16. The van der Waals surface area contributed by atoms with Gasteiger partial charge in [0.05, 0.1) is 6.10 Å². The van der Waals surface area contributed by atoms with Crippen LogP contribution in [0, 0.1) is 0 Å².